The molecule has 0 aliphatic heterocycles. The molecule has 0 bridgehead atoms. The molecule has 3 aromatic carbocycles. The summed E-state index contributed by atoms with van der Waals surface area (Å²) in [7, 11) is 0. The molecule has 0 radical (unpaired) electrons. The van der Waals surface area contributed by atoms with Crippen molar-refractivity contribution < 1.29 is 9.18 Å². The van der Waals surface area contributed by atoms with Crippen molar-refractivity contribution >= 4 is 33.3 Å². The fourth-order valence-electron chi connectivity index (χ4n) is 3.97. The van der Waals surface area contributed by atoms with Gasteiger partial charge in [-0.15, -0.1) is 11.3 Å². The first-order valence-electron chi connectivity index (χ1n) is 10.8. The van der Waals surface area contributed by atoms with Gasteiger partial charge in [0.15, 0.2) is 5.13 Å². The highest BCUT2D eigenvalue weighted by atomic mass is 32.1. The van der Waals surface area contributed by atoms with Gasteiger partial charge in [-0.2, -0.15) is 5.10 Å². The molecule has 0 aliphatic rings. The van der Waals surface area contributed by atoms with Gasteiger partial charge in [-0.1, -0.05) is 43.0 Å². The van der Waals surface area contributed by atoms with Gasteiger partial charge >= 0.3 is 0 Å². The lowest BCUT2D eigenvalue weighted by molar-refractivity contribution is -0.113. The maximum absolute atomic E-state index is 13.3. The maximum atomic E-state index is 13.3. The van der Waals surface area contributed by atoms with E-state index in [-0.39, 0.29) is 17.6 Å². The summed E-state index contributed by atoms with van der Waals surface area (Å²) < 4.78 is 15.1. The second-order valence-corrected chi connectivity index (χ2v) is 8.80. The van der Waals surface area contributed by atoms with Gasteiger partial charge in [0.05, 0.1) is 17.4 Å². The summed E-state index contributed by atoms with van der Waals surface area (Å²) in [6.07, 6.45) is 4.06. The maximum Gasteiger partial charge on any atom is 0.253 e. The minimum Gasteiger partial charge on any atom is -0.298 e. The quantitative estimate of drug-likeness (QED) is 0.292. The summed E-state index contributed by atoms with van der Waals surface area (Å²) in [5, 5.41) is 10.6. The van der Waals surface area contributed by atoms with Crippen LogP contribution < -0.4 is 5.32 Å². The topological polar surface area (TPSA) is 59.8 Å². The van der Waals surface area contributed by atoms with Gasteiger partial charge in [-0.25, -0.2) is 14.1 Å². The van der Waals surface area contributed by atoms with Crippen molar-refractivity contribution in [2.45, 2.75) is 12.3 Å². The van der Waals surface area contributed by atoms with Crippen LogP contribution in [0.4, 0.5) is 9.52 Å². The Bertz CT molecular complexity index is 1440. The van der Waals surface area contributed by atoms with E-state index in [2.05, 4.69) is 22.0 Å². The third-order valence-electron chi connectivity index (χ3n) is 5.71. The predicted molar refractivity (Wildman–Crippen MR) is 134 cm³/mol. The minimum atomic E-state index is -0.291. The van der Waals surface area contributed by atoms with Gasteiger partial charge in [-0.05, 0) is 53.9 Å². The van der Waals surface area contributed by atoms with Crippen LogP contribution >= 0.6 is 11.3 Å². The van der Waals surface area contributed by atoms with Gasteiger partial charge in [0, 0.05) is 28.5 Å². The average molecular weight is 469 g/mol. The Morgan fingerprint density at radius 1 is 1.09 bits per heavy atom. The molecule has 0 saturated carbocycles. The van der Waals surface area contributed by atoms with Gasteiger partial charge in [0.1, 0.15) is 5.82 Å². The van der Waals surface area contributed by atoms with Crippen LogP contribution in [0.2, 0.25) is 0 Å². The number of benzene rings is 3. The van der Waals surface area contributed by atoms with Crippen molar-refractivity contribution in [3.8, 4) is 5.69 Å². The second-order valence-electron chi connectivity index (χ2n) is 7.91. The molecular formula is C27H21FN4OS. The number of anilines is 1. The highest BCUT2D eigenvalue weighted by Crippen LogP contribution is 2.31. The van der Waals surface area contributed by atoms with Gasteiger partial charge < -0.3 is 0 Å². The molecule has 2 aromatic heterocycles. The predicted octanol–water partition coefficient (Wildman–Crippen LogP) is 6.14. The van der Waals surface area contributed by atoms with Crippen molar-refractivity contribution in [1.29, 1.82) is 0 Å². The van der Waals surface area contributed by atoms with Crippen LogP contribution in [0.25, 0.3) is 16.6 Å². The summed E-state index contributed by atoms with van der Waals surface area (Å²) in [5.41, 5.74) is 4.21. The zero-order valence-electron chi connectivity index (χ0n) is 18.2. The highest BCUT2D eigenvalue weighted by Gasteiger charge is 2.23. The van der Waals surface area contributed by atoms with Crippen LogP contribution in [-0.4, -0.2) is 20.7 Å². The van der Waals surface area contributed by atoms with E-state index in [9.17, 15) is 9.18 Å². The number of nitrogens with one attached hydrogen (secondary N) is 1. The number of hydrogen-bond donors (Lipinski definition) is 1. The van der Waals surface area contributed by atoms with Crippen molar-refractivity contribution in [2.75, 3.05) is 5.32 Å². The first-order chi connectivity index (χ1) is 16.6. The van der Waals surface area contributed by atoms with Crippen LogP contribution in [0.3, 0.4) is 0 Å². The fourth-order valence-corrected chi connectivity index (χ4v) is 4.49. The van der Waals surface area contributed by atoms with E-state index in [1.807, 2.05) is 53.9 Å². The van der Waals surface area contributed by atoms with E-state index in [1.54, 1.807) is 29.2 Å². The average Bonchev–Trinajstić information content (AvgIpc) is 3.53. The lowest BCUT2D eigenvalue weighted by Crippen LogP contribution is -2.20. The smallest absolute Gasteiger partial charge is 0.253 e. The summed E-state index contributed by atoms with van der Waals surface area (Å²) in [6.45, 7) is 4.16. The number of amides is 1. The van der Waals surface area contributed by atoms with Gasteiger partial charge in [-0.3, -0.25) is 10.1 Å². The van der Waals surface area contributed by atoms with E-state index in [0.717, 1.165) is 27.7 Å². The van der Waals surface area contributed by atoms with Crippen LogP contribution in [0.15, 0.2) is 103 Å². The number of fused-ring (bicyclic) bond motifs is 1. The number of thiazole rings is 1. The van der Waals surface area contributed by atoms with Gasteiger partial charge in [0.25, 0.3) is 5.91 Å². The summed E-state index contributed by atoms with van der Waals surface area (Å²) in [6, 6.07) is 22.3. The molecule has 1 N–H and O–H groups in total. The van der Waals surface area contributed by atoms with E-state index < -0.39 is 0 Å². The Morgan fingerprint density at radius 3 is 2.62 bits per heavy atom. The molecule has 7 heteroatoms. The first-order valence-corrected chi connectivity index (χ1v) is 11.6. The molecule has 0 fully saturated rings. The summed E-state index contributed by atoms with van der Waals surface area (Å²) >= 11 is 1.36. The SMILES string of the molecule is C=C(C(=O)Nc1nccs1)C(Cc1ccccc1)c1ccc2c(cnn2-c2ccc(F)cc2)c1. The monoisotopic (exact) mass is 468 g/mol. The minimum absolute atomic E-state index is 0.235. The molecule has 34 heavy (non-hydrogen) atoms. The first kappa shape index (κ1) is 21.7. The normalized spacial score (nSPS) is 11.9. The van der Waals surface area contributed by atoms with Crippen LogP contribution in [0.1, 0.15) is 17.0 Å². The Kier molecular flexibility index (Phi) is 6.01. The van der Waals surface area contributed by atoms with Crippen LogP contribution in [-0.2, 0) is 11.2 Å². The van der Waals surface area contributed by atoms with Gasteiger partial charge in [0.2, 0.25) is 0 Å². The number of carbonyl (C=O) groups is 1. The standard InChI is InChI=1S/C27H21FN4OS/c1-18(26(33)31-27-29-13-14-34-27)24(15-19-5-3-2-4-6-19)20-7-12-25-21(16-20)17-30-32(25)23-10-8-22(28)9-11-23/h2-14,16-17,24H,1,15H2,(H,29,31,33). The lowest BCUT2D eigenvalue weighted by atomic mass is 9.85. The Hall–Kier alpha value is -4.10. The van der Waals surface area contributed by atoms with E-state index in [0.29, 0.717) is 17.1 Å². The Morgan fingerprint density at radius 2 is 1.88 bits per heavy atom. The van der Waals surface area contributed by atoms with Crippen molar-refractivity contribution in [2.24, 2.45) is 0 Å². The highest BCUT2D eigenvalue weighted by molar-refractivity contribution is 7.13. The summed E-state index contributed by atoms with van der Waals surface area (Å²) in [4.78, 5) is 17.1. The van der Waals surface area contributed by atoms with Crippen LogP contribution in [0, 0.1) is 5.82 Å². The largest absolute Gasteiger partial charge is 0.298 e. The van der Waals surface area contributed by atoms with Crippen molar-refractivity contribution in [3.63, 3.8) is 0 Å². The zero-order chi connectivity index (χ0) is 23.5. The number of hydrogen-bond acceptors (Lipinski definition) is 4. The summed E-state index contributed by atoms with van der Waals surface area (Å²) in [5.74, 6) is -0.778. The van der Waals surface area contributed by atoms with E-state index in [1.165, 1.54) is 23.5 Å². The Labute approximate surface area is 200 Å². The molecule has 0 saturated heterocycles. The molecular weight excluding hydrogens is 447 g/mol. The molecule has 1 unspecified atom stereocenters. The number of rotatable bonds is 7. The lowest BCUT2D eigenvalue weighted by Gasteiger charge is -2.20. The molecule has 168 valence electrons. The number of halogens is 1. The number of aromatic nitrogens is 3. The zero-order valence-corrected chi connectivity index (χ0v) is 19.0. The molecule has 2 heterocycles. The molecule has 5 nitrogen and oxygen atoms in total. The molecule has 5 rings (SSSR count). The van der Waals surface area contributed by atoms with E-state index >= 15 is 0 Å². The fraction of sp³-hybridized carbons (Fsp3) is 0.0741. The molecule has 1 amide bonds. The molecule has 0 aliphatic carbocycles. The van der Waals surface area contributed by atoms with Crippen molar-refractivity contribution in [1.82, 2.24) is 14.8 Å². The second kappa shape index (κ2) is 9.41. The molecule has 1 atom stereocenters. The third kappa shape index (κ3) is 4.51. The Balaban J connectivity index is 1.49. The van der Waals surface area contributed by atoms with Crippen molar-refractivity contribution in [3.05, 3.63) is 120 Å². The van der Waals surface area contributed by atoms with E-state index in [4.69, 9.17) is 0 Å². The number of nitrogens with zero attached hydrogens (tertiary/aromatic N) is 3. The van der Waals surface area contributed by atoms with Crippen LogP contribution in [0.5, 0.6) is 0 Å². The number of carbonyl (C=O) groups excluding carboxylic acids is 1. The third-order valence-corrected chi connectivity index (χ3v) is 6.40. The molecule has 5 aromatic rings. The molecule has 0 spiro atoms.